The van der Waals surface area contributed by atoms with E-state index in [9.17, 15) is 4.79 Å². The van der Waals surface area contributed by atoms with Gasteiger partial charge in [0.1, 0.15) is 24.3 Å². The lowest BCUT2D eigenvalue weighted by atomic mass is 9.96. The van der Waals surface area contributed by atoms with Crippen LogP contribution in [0.5, 0.6) is 0 Å². The first kappa shape index (κ1) is 16.3. The highest BCUT2D eigenvalue weighted by atomic mass is 16.1. The Bertz CT molecular complexity index is 857. The van der Waals surface area contributed by atoms with Crippen LogP contribution in [0.2, 0.25) is 0 Å². The maximum Gasteiger partial charge on any atom is 0.227 e. The Balaban J connectivity index is 1.38. The molecule has 4 rings (SSSR count). The number of aromatic nitrogens is 4. The summed E-state index contributed by atoms with van der Waals surface area (Å²) in [5, 5.41) is 3.00. The molecular weight excluding hydrogens is 328 g/mol. The highest BCUT2D eigenvalue weighted by molar-refractivity contribution is 5.92. The molecule has 0 saturated carbocycles. The fourth-order valence-corrected chi connectivity index (χ4v) is 3.18. The number of benzene rings is 1. The van der Waals surface area contributed by atoms with Crippen molar-refractivity contribution in [2.75, 3.05) is 23.3 Å². The zero-order valence-electron chi connectivity index (χ0n) is 14.3. The molecule has 7 nitrogen and oxygen atoms in total. The summed E-state index contributed by atoms with van der Waals surface area (Å²) in [4.78, 5) is 27.4. The van der Waals surface area contributed by atoms with Gasteiger partial charge in [0.05, 0.1) is 0 Å². The number of hydrogen-bond donors (Lipinski definition) is 1. The van der Waals surface area contributed by atoms with Crippen LogP contribution in [-0.2, 0) is 4.79 Å². The van der Waals surface area contributed by atoms with Gasteiger partial charge in [-0.1, -0.05) is 18.2 Å². The minimum Gasteiger partial charge on any atom is -0.356 e. The Hall–Kier alpha value is -3.22. The summed E-state index contributed by atoms with van der Waals surface area (Å²) in [5.41, 5.74) is 0.848. The summed E-state index contributed by atoms with van der Waals surface area (Å²) in [6, 6.07) is 11.5. The standard InChI is InChI=1S/C19H20N6O/c26-19(23-16-4-2-1-3-5-16)15-6-9-24(10-7-15)17-12-18(22-13-21-17)25-11-8-20-14-25/h1-5,8,11-15H,6-7,9-10H2,(H,23,26). The van der Waals surface area contributed by atoms with Gasteiger partial charge in [0.15, 0.2) is 0 Å². The molecule has 0 bridgehead atoms. The SMILES string of the molecule is O=C(Nc1ccccc1)C1CCN(c2cc(-n3ccnc3)ncn2)CC1. The van der Waals surface area contributed by atoms with E-state index in [0.29, 0.717) is 0 Å². The number of para-hydroxylation sites is 1. The van der Waals surface area contributed by atoms with Gasteiger partial charge in [0, 0.05) is 43.2 Å². The molecule has 1 aromatic carbocycles. The Morgan fingerprint density at radius 2 is 1.85 bits per heavy atom. The smallest absolute Gasteiger partial charge is 0.227 e. The quantitative estimate of drug-likeness (QED) is 0.784. The highest BCUT2D eigenvalue weighted by Crippen LogP contribution is 2.23. The van der Waals surface area contributed by atoms with Gasteiger partial charge < -0.3 is 10.2 Å². The van der Waals surface area contributed by atoms with Crippen molar-refractivity contribution in [3.8, 4) is 5.82 Å². The largest absolute Gasteiger partial charge is 0.356 e. The average molecular weight is 348 g/mol. The first-order valence-electron chi connectivity index (χ1n) is 8.71. The number of rotatable bonds is 4. The molecule has 1 aliphatic rings. The summed E-state index contributed by atoms with van der Waals surface area (Å²) >= 11 is 0. The molecule has 132 valence electrons. The first-order valence-corrected chi connectivity index (χ1v) is 8.71. The Kier molecular flexibility index (Phi) is 4.59. The number of carbonyl (C=O) groups excluding carboxylic acids is 1. The van der Waals surface area contributed by atoms with Gasteiger partial charge in [-0.05, 0) is 25.0 Å². The van der Waals surface area contributed by atoms with Gasteiger partial charge in [-0.15, -0.1) is 0 Å². The number of amides is 1. The third-order valence-corrected chi connectivity index (χ3v) is 4.64. The lowest BCUT2D eigenvalue weighted by Crippen LogP contribution is -2.38. The summed E-state index contributed by atoms with van der Waals surface area (Å²) < 4.78 is 1.85. The number of piperidine rings is 1. The monoisotopic (exact) mass is 348 g/mol. The number of hydrogen-bond acceptors (Lipinski definition) is 5. The Morgan fingerprint density at radius 3 is 2.58 bits per heavy atom. The van der Waals surface area contributed by atoms with Gasteiger partial charge in [-0.25, -0.2) is 15.0 Å². The second-order valence-corrected chi connectivity index (χ2v) is 6.32. The molecular formula is C19H20N6O. The number of anilines is 2. The molecule has 1 amide bonds. The van der Waals surface area contributed by atoms with Crippen LogP contribution in [0, 0.1) is 5.92 Å². The van der Waals surface area contributed by atoms with Crippen LogP contribution in [0.4, 0.5) is 11.5 Å². The number of imidazole rings is 1. The number of carbonyl (C=O) groups is 1. The normalized spacial score (nSPS) is 15.0. The zero-order valence-corrected chi connectivity index (χ0v) is 14.3. The third kappa shape index (κ3) is 3.56. The van der Waals surface area contributed by atoms with Crippen LogP contribution in [-0.4, -0.2) is 38.5 Å². The molecule has 7 heteroatoms. The zero-order chi connectivity index (χ0) is 17.8. The molecule has 1 aliphatic heterocycles. The van der Waals surface area contributed by atoms with Gasteiger partial charge >= 0.3 is 0 Å². The van der Waals surface area contributed by atoms with Gasteiger partial charge in [0.2, 0.25) is 5.91 Å². The van der Waals surface area contributed by atoms with E-state index in [1.165, 1.54) is 0 Å². The summed E-state index contributed by atoms with van der Waals surface area (Å²) in [7, 11) is 0. The first-order chi connectivity index (χ1) is 12.8. The van der Waals surface area contributed by atoms with Gasteiger partial charge in [-0.2, -0.15) is 0 Å². The van der Waals surface area contributed by atoms with Crippen molar-refractivity contribution < 1.29 is 4.79 Å². The van der Waals surface area contributed by atoms with E-state index in [1.807, 2.05) is 47.2 Å². The van der Waals surface area contributed by atoms with Crippen LogP contribution in [0.3, 0.4) is 0 Å². The lowest BCUT2D eigenvalue weighted by Gasteiger charge is -2.32. The molecule has 2 aromatic heterocycles. The third-order valence-electron chi connectivity index (χ3n) is 4.64. The van der Waals surface area contributed by atoms with Crippen molar-refractivity contribution >= 4 is 17.4 Å². The van der Waals surface area contributed by atoms with E-state index >= 15 is 0 Å². The second-order valence-electron chi connectivity index (χ2n) is 6.32. The van der Waals surface area contributed by atoms with Crippen molar-refractivity contribution in [1.82, 2.24) is 19.5 Å². The minimum atomic E-state index is 0.0291. The molecule has 0 unspecified atom stereocenters. The average Bonchev–Trinajstić information content (AvgIpc) is 3.24. The summed E-state index contributed by atoms with van der Waals surface area (Å²) in [5.74, 6) is 1.79. The number of nitrogens with one attached hydrogen (secondary N) is 1. The van der Waals surface area contributed by atoms with Crippen LogP contribution in [0.15, 0.2) is 61.4 Å². The summed E-state index contributed by atoms with van der Waals surface area (Å²) in [6.07, 6.45) is 8.47. The van der Waals surface area contributed by atoms with Crippen molar-refractivity contribution in [2.45, 2.75) is 12.8 Å². The maximum absolute atomic E-state index is 12.5. The van der Waals surface area contributed by atoms with Crippen molar-refractivity contribution in [2.24, 2.45) is 5.92 Å². The van der Waals surface area contributed by atoms with Crippen molar-refractivity contribution in [3.63, 3.8) is 0 Å². The van der Waals surface area contributed by atoms with E-state index in [0.717, 1.165) is 43.3 Å². The minimum absolute atomic E-state index is 0.0291. The molecule has 3 heterocycles. The second kappa shape index (κ2) is 7.35. The van der Waals surface area contributed by atoms with Gasteiger partial charge in [-0.3, -0.25) is 9.36 Å². The fourth-order valence-electron chi connectivity index (χ4n) is 3.18. The lowest BCUT2D eigenvalue weighted by molar-refractivity contribution is -0.120. The predicted molar refractivity (Wildman–Crippen MR) is 99.2 cm³/mol. The molecule has 1 saturated heterocycles. The molecule has 1 N–H and O–H groups in total. The van der Waals surface area contributed by atoms with Crippen molar-refractivity contribution in [3.05, 3.63) is 61.4 Å². The molecule has 1 fully saturated rings. The molecule has 3 aromatic rings. The number of nitrogens with zero attached hydrogens (tertiary/aromatic N) is 5. The van der Waals surface area contributed by atoms with E-state index in [4.69, 9.17) is 0 Å². The molecule has 0 aliphatic carbocycles. The highest BCUT2D eigenvalue weighted by Gasteiger charge is 2.25. The van der Waals surface area contributed by atoms with Crippen LogP contribution in [0.1, 0.15) is 12.8 Å². The molecule has 0 spiro atoms. The van der Waals surface area contributed by atoms with E-state index in [2.05, 4.69) is 25.2 Å². The molecule has 0 radical (unpaired) electrons. The van der Waals surface area contributed by atoms with Crippen LogP contribution >= 0.6 is 0 Å². The fraction of sp³-hybridized carbons (Fsp3) is 0.263. The van der Waals surface area contributed by atoms with Gasteiger partial charge in [0.25, 0.3) is 0 Å². The van der Waals surface area contributed by atoms with Crippen LogP contribution in [0.25, 0.3) is 5.82 Å². The Labute approximate surface area is 151 Å². The maximum atomic E-state index is 12.5. The predicted octanol–water partition coefficient (Wildman–Crippen LogP) is 2.52. The topological polar surface area (TPSA) is 75.9 Å². The van der Waals surface area contributed by atoms with Crippen molar-refractivity contribution in [1.29, 1.82) is 0 Å². The van der Waals surface area contributed by atoms with E-state index in [-0.39, 0.29) is 11.8 Å². The van der Waals surface area contributed by atoms with E-state index in [1.54, 1.807) is 18.9 Å². The molecule has 26 heavy (non-hydrogen) atoms. The van der Waals surface area contributed by atoms with E-state index < -0.39 is 0 Å². The summed E-state index contributed by atoms with van der Waals surface area (Å²) in [6.45, 7) is 1.60. The van der Waals surface area contributed by atoms with Crippen LogP contribution < -0.4 is 10.2 Å². The Morgan fingerprint density at radius 1 is 1.08 bits per heavy atom. The molecule has 0 atom stereocenters.